The van der Waals surface area contributed by atoms with Gasteiger partial charge in [0.05, 0.1) is 10.5 Å². The van der Waals surface area contributed by atoms with Crippen LogP contribution in [0, 0.1) is 6.92 Å². The van der Waals surface area contributed by atoms with Gasteiger partial charge in [-0.3, -0.25) is 0 Å². The summed E-state index contributed by atoms with van der Waals surface area (Å²) in [7, 11) is 0. The third-order valence-electron chi connectivity index (χ3n) is 2.56. The number of nitrogens with two attached hydrogens (primary N) is 1. The molecule has 0 amide bonds. The zero-order chi connectivity index (χ0) is 11.7. The van der Waals surface area contributed by atoms with E-state index in [9.17, 15) is 0 Å². The highest BCUT2D eigenvalue weighted by molar-refractivity contribution is 6.35. The quantitative estimate of drug-likeness (QED) is 0.870. The van der Waals surface area contributed by atoms with Gasteiger partial charge in [0.25, 0.3) is 0 Å². The number of aromatic nitrogens is 2. The molecule has 1 aromatic heterocycles. The largest absolute Gasteiger partial charge is 0.383 e. The lowest BCUT2D eigenvalue weighted by atomic mass is 10.1. The molecule has 0 unspecified atom stereocenters. The molecular weight excluding hydrogens is 222 g/mol. The van der Waals surface area contributed by atoms with E-state index < -0.39 is 0 Å². The maximum absolute atomic E-state index is 6.13. The summed E-state index contributed by atoms with van der Waals surface area (Å²) in [6, 6.07) is 3.78. The van der Waals surface area contributed by atoms with E-state index in [0.29, 0.717) is 10.8 Å². The fraction of sp³-hybridized carbons (Fsp3) is 0.333. The summed E-state index contributed by atoms with van der Waals surface area (Å²) >= 11 is 6.13. The van der Waals surface area contributed by atoms with E-state index in [4.69, 9.17) is 17.3 Å². The summed E-state index contributed by atoms with van der Waals surface area (Å²) < 4.78 is 0. The number of rotatable bonds is 2. The van der Waals surface area contributed by atoms with Gasteiger partial charge in [-0.25, -0.2) is 9.97 Å². The summed E-state index contributed by atoms with van der Waals surface area (Å²) in [5.74, 6) is 1.29. The highest BCUT2D eigenvalue weighted by Crippen LogP contribution is 2.28. The monoisotopic (exact) mass is 235 g/mol. The van der Waals surface area contributed by atoms with Crippen LogP contribution in [0.2, 0.25) is 5.02 Å². The average molecular weight is 236 g/mol. The highest BCUT2D eigenvalue weighted by atomic mass is 35.5. The summed E-state index contributed by atoms with van der Waals surface area (Å²) in [5, 5.41) is 1.50. The molecule has 0 radical (unpaired) electrons. The van der Waals surface area contributed by atoms with Crippen LogP contribution in [0.3, 0.4) is 0 Å². The summed E-state index contributed by atoms with van der Waals surface area (Å²) in [6.45, 7) is 4.07. The van der Waals surface area contributed by atoms with Gasteiger partial charge < -0.3 is 5.73 Å². The maximum atomic E-state index is 6.13. The van der Waals surface area contributed by atoms with Crippen molar-refractivity contribution >= 4 is 28.3 Å². The smallest absolute Gasteiger partial charge is 0.135 e. The van der Waals surface area contributed by atoms with Gasteiger partial charge in [0.1, 0.15) is 11.6 Å². The van der Waals surface area contributed by atoms with Crippen molar-refractivity contribution in [2.75, 3.05) is 5.73 Å². The molecule has 0 aliphatic heterocycles. The van der Waals surface area contributed by atoms with Crippen LogP contribution < -0.4 is 5.73 Å². The van der Waals surface area contributed by atoms with Crippen LogP contribution in [0.4, 0.5) is 5.82 Å². The molecule has 0 spiro atoms. The lowest BCUT2D eigenvalue weighted by Gasteiger charge is -2.08. The highest BCUT2D eigenvalue weighted by Gasteiger charge is 2.10. The molecule has 4 heteroatoms. The third kappa shape index (κ3) is 1.83. The summed E-state index contributed by atoms with van der Waals surface area (Å²) in [6.07, 6.45) is 1.82. The minimum atomic E-state index is 0.522. The molecular formula is C12H14ClN3. The Morgan fingerprint density at radius 2 is 2.06 bits per heavy atom. The molecule has 1 aromatic carbocycles. The zero-order valence-corrected chi connectivity index (χ0v) is 10.2. The number of nitrogens with zero attached hydrogens (tertiary/aromatic N) is 2. The van der Waals surface area contributed by atoms with Crippen molar-refractivity contribution < 1.29 is 0 Å². The van der Waals surface area contributed by atoms with E-state index in [1.54, 1.807) is 0 Å². The van der Waals surface area contributed by atoms with Gasteiger partial charge in [0.2, 0.25) is 0 Å². The van der Waals surface area contributed by atoms with Gasteiger partial charge in [-0.1, -0.05) is 24.6 Å². The van der Waals surface area contributed by atoms with Gasteiger partial charge >= 0.3 is 0 Å². The second-order valence-corrected chi connectivity index (χ2v) is 4.27. The molecule has 2 N–H and O–H groups in total. The van der Waals surface area contributed by atoms with E-state index in [0.717, 1.165) is 35.1 Å². The number of anilines is 1. The number of fused-ring (bicyclic) bond motifs is 1. The Bertz CT molecular complexity index is 537. The fourth-order valence-corrected chi connectivity index (χ4v) is 1.98. The molecule has 0 saturated heterocycles. The molecule has 0 bridgehead atoms. The van der Waals surface area contributed by atoms with Crippen molar-refractivity contribution in [3.8, 4) is 0 Å². The predicted octanol–water partition coefficient (Wildman–Crippen LogP) is 3.13. The molecule has 1 heterocycles. The summed E-state index contributed by atoms with van der Waals surface area (Å²) in [4.78, 5) is 8.76. The SMILES string of the molecule is CCCc1nc(N)c2c(C)ccc(Cl)c2n1. The second-order valence-electron chi connectivity index (χ2n) is 3.86. The zero-order valence-electron chi connectivity index (χ0n) is 9.42. The van der Waals surface area contributed by atoms with Crippen molar-refractivity contribution in [1.29, 1.82) is 0 Å². The van der Waals surface area contributed by atoms with E-state index in [2.05, 4.69) is 16.9 Å². The Balaban J connectivity index is 2.76. The lowest BCUT2D eigenvalue weighted by Crippen LogP contribution is -2.02. The molecule has 2 aromatic rings. The molecule has 16 heavy (non-hydrogen) atoms. The van der Waals surface area contributed by atoms with E-state index in [1.165, 1.54) is 0 Å². The van der Waals surface area contributed by atoms with Crippen LogP contribution in [-0.2, 0) is 6.42 Å². The fourth-order valence-electron chi connectivity index (χ4n) is 1.78. The van der Waals surface area contributed by atoms with Gasteiger partial charge in [0, 0.05) is 11.8 Å². The van der Waals surface area contributed by atoms with Crippen LogP contribution in [0.5, 0.6) is 0 Å². The Kier molecular flexibility index (Phi) is 2.97. The number of benzene rings is 1. The first-order valence-electron chi connectivity index (χ1n) is 5.34. The van der Waals surface area contributed by atoms with Crippen LogP contribution in [0.25, 0.3) is 10.9 Å². The molecule has 3 nitrogen and oxygen atoms in total. The topological polar surface area (TPSA) is 51.8 Å². The molecule has 0 saturated carbocycles. The van der Waals surface area contributed by atoms with Crippen molar-refractivity contribution in [1.82, 2.24) is 9.97 Å². The standard InChI is InChI=1S/C12H14ClN3/c1-3-4-9-15-11-8(13)6-5-7(2)10(11)12(14)16-9/h5-6H,3-4H2,1-2H3,(H2,14,15,16). The Morgan fingerprint density at radius 1 is 1.31 bits per heavy atom. The number of halogens is 1. The van der Waals surface area contributed by atoms with E-state index >= 15 is 0 Å². The van der Waals surface area contributed by atoms with Crippen LogP contribution >= 0.6 is 11.6 Å². The first-order valence-corrected chi connectivity index (χ1v) is 5.72. The molecule has 0 fully saturated rings. The normalized spacial score (nSPS) is 10.9. The van der Waals surface area contributed by atoms with Crippen LogP contribution in [-0.4, -0.2) is 9.97 Å². The van der Waals surface area contributed by atoms with E-state index in [-0.39, 0.29) is 0 Å². The van der Waals surface area contributed by atoms with Gasteiger partial charge in [0.15, 0.2) is 0 Å². The molecule has 0 atom stereocenters. The first kappa shape index (κ1) is 11.1. The van der Waals surface area contributed by atoms with Crippen LogP contribution in [0.1, 0.15) is 24.7 Å². The molecule has 0 aliphatic carbocycles. The van der Waals surface area contributed by atoms with E-state index in [1.807, 2.05) is 19.1 Å². The first-order chi connectivity index (χ1) is 7.63. The molecule has 2 rings (SSSR count). The third-order valence-corrected chi connectivity index (χ3v) is 2.86. The summed E-state index contributed by atoms with van der Waals surface area (Å²) in [5.41, 5.74) is 7.76. The Morgan fingerprint density at radius 3 is 2.75 bits per heavy atom. The molecule has 0 aliphatic rings. The minimum absolute atomic E-state index is 0.522. The van der Waals surface area contributed by atoms with Gasteiger partial charge in [-0.05, 0) is 25.0 Å². The number of hydrogen-bond donors (Lipinski definition) is 1. The van der Waals surface area contributed by atoms with Gasteiger partial charge in [-0.2, -0.15) is 0 Å². The Labute approximate surface area is 99.7 Å². The molecule has 84 valence electrons. The lowest BCUT2D eigenvalue weighted by molar-refractivity contribution is 0.846. The predicted molar refractivity (Wildman–Crippen MR) is 67.7 cm³/mol. The van der Waals surface area contributed by atoms with Crippen molar-refractivity contribution in [2.45, 2.75) is 26.7 Å². The van der Waals surface area contributed by atoms with Crippen molar-refractivity contribution in [3.05, 3.63) is 28.5 Å². The van der Waals surface area contributed by atoms with Crippen molar-refractivity contribution in [2.24, 2.45) is 0 Å². The number of hydrogen-bond acceptors (Lipinski definition) is 3. The maximum Gasteiger partial charge on any atom is 0.135 e. The van der Waals surface area contributed by atoms with Gasteiger partial charge in [-0.15, -0.1) is 0 Å². The minimum Gasteiger partial charge on any atom is -0.383 e. The van der Waals surface area contributed by atoms with Crippen LogP contribution in [0.15, 0.2) is 12.1 Å². The average Bonchev–Trinajstić information content (AvgIpc) is 2.23. The van der Waals surface area contributed by atoms with Crippen molar-refractivity contribution in [3.63, 3.8) is 0 Å². The number of aryl methyl sites for hydroxylation is 2. The second kappa shape index (κ2) is 4.26. The Hall–Kier alpha value is -1.35. The number of nitrogen functional groups attached to an aromatic ring is 1.